The maximum Gasteiger partial charge on any atom is 0.241 e. The zero-order valence-corrected chi connectivity index (χ0v) is 15.3. The normalized spacial score (nSPS) is 11.4. The molecular formula is C16H16FN5O4S. The molecule has 0 atom stereocenters. The van der Waals surface area contributed by atoms with E-state index in [1.165, 1.54) is 55.3 Å². The Kier molecular flexibility index (Phi) is 5.33. The van der Waals surface area contributed by atoms with Crippen molar-refractivity contribution in [1.29, 1.82) is 0 Å². The van der Waals surface area contributed by atoms with E-state index >= 15 is 0 Å². The second-order valence-electron chi connectivity index (χ2n) is 5.33. The molecule has 0 saturated carbocycles. The first-order valence-corrected chi connectivity index (χ1v) is 9.18. The lowest BCUT2D eigenvalue weighted by Crippen LogP contribution is -2.25. The molecule has 0 aliphatic rings. The van der Waals surface area contributed by atoms with Gasteiger partial charge in [-0.2, -0.15) is 4.68 Å². The standard InChI is InChI=1S/C16H16FN5O4S/c1-25-14-7-6-13(9-15(14)26-2)27(23,24)18-10-16-19-20-21-22(16)12-5-3-4-11(17)8-12/h3-9,18H,10H2,1-2H3. The van der Waals surface area contributed by atoms with Crippen molar-refractivity contribution in [2.24, 2.45) is 0 Å². The number of benzene rings is 2. The summed E-state index contributed by atoms with van der Waals surface area (Å²) in [5, 5.41) is 11.1. The lowest BCUT2D eigenvalue weighted by Gasteiger charge is -2.11. The monoisotopic (exact) mass is 393 g/mol. The molecule has 0 bridgehead atoms. The van der Waals surface area contributed by atoms with Crippen LogP contribution in [-0.2, 0) is 16.6 Å². The van der Waals surface area contributed by atoms with Gasteiger partial charge in [0.25, 0.3) is 0 Å². The Morgan fingerprint density at radius 2 is 1.89 bits per heavy atom. The summed E-state index contributed by atoms with van der Waals surface area (Å²) >= 11 is 0. The van der Waals surface area contributed by atoms with Crippen LogP contribution in [0.25, 0.3) is 5.69 Å². The third-order valence-corrected chi connectivity index (χ3v) is 5.07. The number of aromatic nitrogens is 4. The van der Waals surface area contributed by atoms with Gasteiger partial charge >= 0.3 is 0 Å². The van der Waals surface area contributed by atoms with Crippen molar-refractivity contribution in [3.63, 3.8) is 0 Å². The first-order chi connectivity index (χ1) is 12.9. The van der Waals surface area contributed by atoms with Gasteiger partial charge in [0, 0.05) is 6.07 Å². The summed E-state index contributed by atoms with van der Waals surface area (Å²) in [6, 6.07) is 9.85. The van der Waals surface area contributed by atoms with Gasteiger partial charge in [-0.25, -0.2) is 17.5 Å². The lowest BCUT2D eigenvalue weighted by molar-refractivity contribution is 0.354. The van der Waals surface area contributed by atoms with E-state index in [1.54, 1.807) is 6.07 Å². The van der Waals surface area contributed by atoms with Gasteiger partial charge in [0.2, 0.25) is 10.0 Å². The van der Waals surface area contributed by atoms with Crippen molar-refractivity contribution in [1.82, 2.24) is 24.9 Å². The van der Waals surface area contributed by atoms with E-state index in [9.17, 15) is 12.8 Å². The molecule has 3 rings (SSSR count). The number of nitrogens with one attached hydrogen (secondary N) is 1. The molecule has 0 aliphatic carbocycles. The summed E-state index contributed by atoms with van der Waals surface area (Å²) in [6.07, 6.45) is 0. The molecule has 0 saturated heterocycles. The number of hydrogen-bond donors (Lipinski definition) is 1. The Hall–Kier alpha value is -3.05. The topological polar surface area (TPSA) is 108 Å². The fourth-order valence-corrected chi connectivity index (χ4v) is 3.35. The van der Waals surface area contributed by atoms with Crippen molar-refractivity contribution < 1.29 is 22.3 Å². The zero-order valence-electron chi connectivity index (χ0n) is 14.5. The van der Waals surface area contributed by atoms with Gasteiger partial charge in [0.05, 0.1) is 31.3 Å². The average Bonchev–Trinajstić information content (AvgIpc) is 3.14. The highest BCUT2D eigenvalue weighted by Gasteiger charge is 2.19. The molecule has 0 aliphatic heterocycles. The Bertz CT molecular complexity index is 1050. The van der Waals surface area contributed by atoms with E-state index < -0.39 is 15.8 Å². The molecule has 0 amide bonds. The molecule has 3 aromatic rings. The highest BCUT2D eigenvalue weighted by Crippen LogP contribution is 2.29. The van der Waals surface area contributed by atoms with Gasteiger partial charge in [-0.05, 0) is 40.8 Å². The number of tetrazole rings is 1. The minimum absolute atomic E-state index is 0.00932. The summed E-state index contributed by atoms with van der Waals surface area (Å²) in [5.41, 5.74) is 0.375. The first kappa shape index (κ1) is 18.7. The summed E-state index contributed by atoms with van der Waals surface area (Å²) in [7, 11) is -1.00. The van der Waals surface area contributed by atoms with Crippen LogP contribution < -0.4 is 14.2 Å². The first-order valence-electron chi connectivity index (χ1n) is 7.69. The Balaban J connectivity index is 1.82. The molecule has 0 unspecified atom stereocenters. The van der Waals surface area contributed by atoms with Crippen molar-refractivity contribution >= 4 is 10.0 Å². The van der Waals surface area contributed by atoms with Crippen LogP contribution in [-0.4, -0.2) is 42.8 Å². The predicted octanol–water partition coefficient (Wildman–Crippen LogP) is 1.30. The number of nitrogens with zero attached hydrogens (tertiary/aromatic N) is 4. The van der Waals surface area contributed by atoms with Crippen LogP contribution in [0.15, 0.2) is 47.4 Å². The van der Waals surface area contributed by atoms with Crippen molar-refractivity contribution in [3.05, 3.63) is 54.1 Å². The van der Waals surface area contributed by atoms with Gasteiger partial charge in [-0.3, -0.25) is 0 Å². The number of halogens is 1. The third-order valence-electron chi connectivity index (χ3n) is 3.67. The van der Waals surface area contributed by atoms with Gasteiger partial charge in [0.15, 0.2) is 17.3 Å². The van der Waals surface area contributed by atoms with Crippen molar-refractivity contribution in [2.75, 3.05) is 14.2 Å². The molecule has 27 heavy (non-hydrogen) atoms. The van der Waals surface area contributed by atoms with E-state index in [2.05, 4.69) is 20.2 Å². The van der Waals surface area contributed by atoms with E-state index in [4.69, 9.17) is 9.47 Å². The molecule has 142 valence electrons. The quantitative estimate of drug-likeness (QED) is 0.644. The van der Waals surface area contributed by atoms with E-state index in [0.717, 1.165) is 0 Å². The fourth-order valence-electron chi connectivity index (χ4n) is 2.35. The van der Waals surface area contributed by atoms with Gasteiger partial charge < -0.3 is 9.47 Å². The Labute approximate surface area is 154 Å². The van der Waals surface area contributed by atoms with Crippen LogP contribution in [0.2, 0.25) is 0 Å². The molecule has 0 fully saturated rings. The van der Waals surface area contributed by atoms with Crippen LogP contribution in [0.4, 0.5) is 4.39 Å². The second kappa shape index (κ2) is 7.68. The fraction of sp³-hybridized carbons (Fsp3) is 0.188. The van der Waals surface area contributed by atoms with Gasteiger partial charge in [-0.1, -0.05) is 6.07 Å². The van der Waals surface area contributed by atoms with E-state index in [-0.39, 0.29) is 23.0 Å². The number of ether oxygens (including phenoxy) is 2. The Morgan fingerprint density at radius 1 is 1.11 bits per heavy atom. The van der Waals surface area contributed by atoms with Crippen molar-refractivity contribution in [2.45, 2.75) is 11.4 Å². The predicted molar refractivity (Wildman–Crippen MR) is 92.7 cm³/mol. The highest BCUT2D eigenvalue weighted by atomic mass is 32.2. The van der Waals surface area contributed by atoms with E-state index in [0.29, 0.717) is 11.4 Å². The number of rotatable bonds is 7. The number of methoxy groups -OCH3 is 2. The summed E-state index contributed by atoms with van der Waals surface area (Å²) < 4.78 is 52.4. The molecular weight excluding hydrogens is 377 g/mol. The summed E-state index contributed by atoms with van der Waals surface area (Å²) in [6.45, 7) is -0.194. The summed E-state index contributed by atoms with van der Waals surface area (Å²) in [5.74, 6) is 0.431. The second-order valence-corrected chi connectivity index (χ2v) is 7.10. The molecule has 0 radical (unpaired) electrons. The molecule has 1 N–H and O–H groups in total. The molecule has 2 aromatic carbocycles. The SMILES string of the molecule is COc1ccc(S(=O)(=O)NCc2nnnn2-c2cccc(F)c2)cc1OC. The van der Waals surface area contributed by atoms with Gasteiger partial charge in [-0.15, -0.1) is 5.10 Å². The highest BCUT2D eigenvalue weighted by molar-refractivity contribution is 7.89. The summed E-state index contributed by atoms with van der Waals surface area (Å²) in [4.78, 5) is -0.00932. The minimum atomic E-state index is -3.87. The Morgan fingerprint density at radius 3 is 2.59 bits per heavy atom. The largest absolute Gasteiger partial charge is 0.493 e. The van der Waals surface area contributed by atoms with Crippen molar-refractivity contribution in [3.8, 4) is 17.2 Å². The van der Waals surface area contributed by atoms with Crippen LogP contribution in [0, 0.1) is 5.82 Å². The number of sulfonamides is 1. The smallest absolute Gasteiger partial charge is 0.241 e. The maximum absolute atomic E-state index is 13.4. The van der Waals surface area contributed by atoms with Crippen LogP contribution in [0.1, 0.15) is 5.82 Å². The van der Waals surface area contributed by atoms with Crippen LogP contribution in [0.5, 0.6) is 11.5 Å². The zero-order chi connectivity index (χ0) is 19.4. The average molecular weight is 393 g/mol. The van der Waals surface area contributed by atoms with Crippen LogP contribution >= 0.6 is 0 Å². The molecule has 0 spiro atoms. The number of hydrogen-bond acceptors (Lipinski definition) is 7. The molecule has 9 nitrogen and oxygen atoms in total. The minimum Gasteiger partial charge on any atom is -0.493 e. The van der Waals surface area contributed by atoms with Crippen LogP contribution in [0.3, 0.4) is 0 Å². The van der Waals surface area contributed by atoms with Gasteiger partial charge in [0.1, 0.15) is 5.82 Å². The third kappa shape index (κ3) is 4.04. The maximum atomic E-state index is 13.4. The molecule has 1 heterocycles. The molecule has 11 heteroatoms. The van der Waals surface area contributed by atoms with E-state index in [1.807, 2.05) is 0 Å². The lowest BCUT2D eigenvalue weighted by atomic mass is 10.3. The molecule has 1 aromatic heterocycles.